The molecule has 3 aromatic carbocycles. The van der Waals surface area contributed by atoms with E-state index in [2.05, 4.69) is 100 Å². The molecule has 0 aliphatic carbocycles. The van der Waals surface area contributed by atoms with E-state index in [-0.39, 0.29) is 12.2 Å². The molecule has 0 unspecified atom stereocenters. The van der Waals surface area contributed by atoms with Gasteiger partial charge in [-0.3, -0.25) is 0 Å². The Kier molecular flexibility index (Phi) is 10.3. The molecule has 0 bridgehead atoms. The summed E-state index contributed by atoms with van der Waals surface area (Å²) in [7, 11) is 0. The SMILES string of the molecule is C=CCO[C@@H]1O[C@@H](C)[C@@H](OCc2ccc(C)cc2)[C@@H](OCc2ccc(C)cc2)[C@@H]1OCc1ccc(C)cc1. The summed E-state index contributed by atoms with van der Waals surface area (Å²) >= 11 is 0. The van der Waals surface area contributed by atoms with E-state index in [1.54, 1.807) is 6.08 Å². The molecule has 5 nitrogen and oxygen atoms in total. The van der Waals surface area contributed by atoms with Crippen LogP contribution >= 0.6 is 0 Å². The normalized spacial score (nSPS) is 23.3. The van der Waals surface area contributed by atoms with Crippen LogP contribution < -0.4 is 0 Å². The van der Waals surface area contributed by atoms with Crippen LogP contribution in [0.3, 0.4) is 0 Å². The Labute approximate surface area is 227 Å². The summed E-state index contributed by atoms with van der Waals surface area (Å²) in [6.07, 6.45) is -0.430. The summed E-state index contributed by atoms with van der Waals surface area (Å²) in [6, 6.07) is 25.1. The van der Waals surface area contributed by atoms with E-state index in [9.17, 15) is 0 Å². The van der Waals surface area contributed by atoms with Crippen LogP contribution in [0.1, 0.15) is 40.3 Å². The molecule has 4 rings (SSSR count). The lowest BCUT2D eigenvalue weighted by atomic mass is 9.98. The zero-order valence-corrected chi connectivity index (χ0v) is 23.0. The zero-order valence-electron chi connectivity index (χ0n) is 23.0. The maximum Gasteiger partial charge on any atom is 0.187 e. The van der Waals surface area contributed by atoms with E-state index in [0.717, 1.165) is 16.7 Å². The summed E-state index contributed by atoms with van der Waals surface area (Å²) in [5.74, 6) is 0. The first kappa shape index (κ1) is 28.2. The minimum Gasteiger partial charge on any atom is -0.368 e. The molecule has 1 saturated heterocycles. The van der Waals surface area contributed by atoms with Gasteiger partial charge < -0.3 is 23.7 Å². The molecular weight excluding hydrogens is 476 g/mol. The maximum atomic E-state index is 6.59. The lowest BCUT2D eigenvalue weighted by Gasteiger charge is -2.45. The molecule has 1 fully saturated rings. The lowest BCUT2D eigenvalue weighted by Crippen LogP contribution is -2.60. The average molecular weight is 517 g/mol. The molecule has 0 spiro atoms. The maximum absolute atomic E-state index is 6.59. The van der Waals surface area contributed by atoms with Gasteiger partial charge in [0.25, 0.3) is 0 Å². The standard InChI is InChI=1S/C33H40O5/c1-6-19-34-33-32(37-22-29-17-11-25(4)12-18-29)31(36-21-28-15-9-24(3)10-16-28)30(26(5)38-33)35-20-27-13-7-23(2)8-14-27/h6-18,26,30-33H,1,19-22H2,2-5H3/t26-,30+,31+,32-,33+/m0/s1. The second-order valence-corrected chi connectivity index (χ2v) is 10.1. The molecular formula is C33H40O5. The third-order valence-electron chi connectivity index (χ3n) is 6.79. The predicted molar refractivity (Wildman–Crippen MR) is 150 cm³/mol. The molecule has 38 heavy (non-hydrogen) atoms. The van der Waals surface area contributed by atoms with Gasteiger partial charge in [-0.1, -0.05) is 95.6 Å². The van der Waals surface area contributed by atoms with E-state index < -0.39 is 18.5 Å². The highest BCUT2D eigenvalue weighted by atomic mass is 16.7. The second-order valence-electron chi connectivity index (χ2n) is 10.1. The molecule has 1 heterocycles. The van der Waals surface area contributed by atoms with E-state index in [1.165, 1.54) is 16.7 Å². The van der Waals surface area contributed by atoms with Gasteiger partial charge >= 0.3 is 0 Å². The van der Waals surface area contributed by atoms with Gasteiger partial charge in [0, 0.05) is 0 Å². The molecule has 5 heteroatoms. The third-order valence-corrected chi connectivity index (χ3v) is 6.79. The van der Waals surface area contributed by atoms with Crippen molar-refractivity contribution in [3.8, 4) is 0 Å². The Morgan fingerprint density at radius 1 is 0.605 bits per heavy atom. The van der Waals surface area contributed by atoms with Crippen molar-refractivity contribution in [2.75, 3.05) is 6.61 Å². The summed E-state index contributed by atoms with van der Waals surface area (Å²) in [6.45, 7) is 13.7. The van der Waals surface area contributed by atoms with Gasteiger partial charge in [-0.15, -0.1) is 6.58 Å². The minimum absolute atomic E-state index is 0.266. The molecule has 0 radical (unpaired) electrons. The molecule has 0 aromatic heterocycles. The smallest absolute Gasteiger partial charge is 0.187 e. The third kappa shape index (κ3) is 7.85. The van der Waals surface area contributed by atoms with Crippen LogP contribution in [0.15, 0.2) is 85.5 Å². The van der Waals surface area contributed by atoms with Gasteiger partial charge in [0.05, 0.1) is 32.5 Å². The van der Waals surface area contributed by atoms with Crippen LogP contribution in [-0.2, 0) is 43.5 Å². The highest BCUT2D eigenvalue weighted by Gasteiger charge is 2.47. The van der Waals surface area contributed by atoms with Gasteiger partial charge in [-0.2, -0.15) is 0 Å². The molecule has 5 atom stereocenters. The number of aryl methyl sites for hydroxylation is 3. The van der Waals surface area contributed by atoms with Crippen LogP contribution in [0.2, 0.25) is 0 Å². The first-order valence-corrected chi connectivity index (χ1v) is 13.3. The Balaban J connectivity index is 1.57. The van der Waals surface area contributed by atoms with Crippen LogP contribution in [0, 0.1) is 20.8 Å². The summed E-state index contributed by atoms with van der Waals surface area (Å²) in [5, 5.41) is 0. The second kappa shape index (κ2) is 13.8. The fraction of sp³-hybridized carbons (Fsp3) is 0.394. The Morgan fingerprint density at radius 3 is 1.42 bits per heavy atom. The molecule has 3 aromatic rings. The van der Waals surface area contributed by atoms with E-state index in [1.807, 2.05) is 6.92 Å². The van der Waals surface area contributed by atoms with Gasteiger partial charge in [0.15, 0.2) is 6.29 Å². The van der Waals surface area contributed by atoms with Crippen molar-refractivity contribution in [2.24, 2.45) is 0 Å². The molecule has 1 aliphatic rings. The number of ether oxygens (including phenoxy) is 5. The first-order valence-electron chi connectivity index (χ1n) is 13.3. The quantitative estimate of drug-likeness (QED) is 0.253. The van der Waals surface area contributed by atoms with Crippen LogP contribution in [0.25, 0.3) is 0 Å². The predicted octanol–water partition coefficient (Wildman–Crippen LogP) is 6.62. The summed E-state index contributed by atoms with van der Waals surface area (Å²) in [5.41, 5.74) is 6.90. The van der Waals surface area contributed by atoms with Crippen LogP contribution in [0.5, 0.6) is 0 Å². The van der Waals surface area contributed by atoms with E-state index in [4.69, 9.17) is 23.7 Å². The topological polar surface area (TPSA) is 46.2 Å². The van der Waals surface area contributed by atoms with Crippen molar-refractivity contribution in [1.82, 2.24) is 0 Å². The highest BCUT2D eigenvalue weighted by Crippen LogP contribution is 2.31. The van der Waals surface area contributed by atoms with Crippen molar-refractivity contribution < 1.29 is 23.7 Å². The Hall–Kier alpha value is -2.80. The number of hydrogen-bond acceptors (Lipinski definition) is 5. The molecule has 0 N–H and O–H groups in total. The molecule has 1 aliphatic heterocycles. The average Bonchev–Trinajstić information content (AvgIpc) is 2.92. The van der Waals surface area contributed by atoms with Crippen molar-refractivity contribution in [3.05, 3.63) is 119 Å². The fourth-order valence-corrected chi connectivity index (χ4v) is 4.50. The highest BCUT2D eigenvalue weighted by molar-refractivity contribution is 5.22. The number of rotatable bonds is 12. The summed E-state index contributed by atoms with van der Waals surface area (Å²) < 4.78 is 31.9. The monoisotopic (exact) mass is 516 g/mol. The minimum atomic E-state index is -0.615. The van der Waals surface area contributed by atoms with Crippen molar-refractivity contribution in [2.45, 2.75) is 78.2 Å². The number of benzene rings is 3. The van der Waals surface area contributed by atoms with Crippen LogP contribution in [0.4, 0.5) is 0 Å². The van der Waals surface area contributed by atoms with Crippen molar-refractivity contribution in [1.29, 1.82) is 0 Å². The molecule has 0 amide bonds. The van der Waals surface area contributed by atoms with Gasteiger partial charge in [0.1, 0.15) is 18.3 Å². The fourth-order valence-electron chi connectivity index (χ4n) is 4.50. The number of hydrogen-bond donors (Lipinski definition) is 0. The van der Waals surface area contributed by atoms with E-state index in [0.29, 0.717) is 26.4 Å². The van der Waals surface area contributed by atoms with Crippen LogP contribution in [-0.4, -0.2) is 37.3 Å². The Morgan fingerprint density at radius 2 is 1.00 bits per heavy atom. The first-order chi connectivity index (χ1) is 18.4. The zero-order chi connectivity index (χ0) is 26.9. The molecule has 202 valence electrons. The van der Waals surface area contributed by atoms with Gasteiger partial charge in [-0.25, -0.2) is 0 Å². The summed E-state index contributed by atoms with van der Waals surface area (Å²) in [4.78, 5) is 0. The van der Waals surface area contributed by atoms with Crippen molar-refractivity contribution in [3.63, 3.8) is 0 Å². The van der Waals surface area contributed by atoms with Gasteiger partial charge in [0.2, 0.25) is 0 Å². The Bertz CT molecular complexity index is 1120. The van der Waals surface area contributed by atoms with E-state index >= 15 is 0 Å². The lowest BCUT2D eigenvalue weighted by molar-refractivity contribution is -0.318. The van der Waals surface area contributed by atoms with Gasteiger partial charge in [-0.05, 0) is 44.4 Å². The largest absolute Gasteiger partial charge is 0.368 e. The molecule has 0 saturated carbocycles. The van der Waals surface area contributed by atoms with Crippen molar-refractivity contribution >= 4 is 0 Å².